The molecule has 0 aromatic heterocycles. The maximum Gasteiger partial charge on any atom is 0.137 e. The fraction of sp³-hybridized carbons (Fsp3) is 0.857. The van der Waals surface area contributed by atoms with E-state index in [0.29, 0.717) is 5.04 Å². The van der Waals surface area contributed by atoms with Gasteiger partial charge in [-0.2, -0.15) is 0 Å². The van der Waals surface area contributed by atoms with Crippen molar-refractivity contribution in [1.29, 1.82) is 0 Å². The van der Waals surface area contributed by atoms with Crippen LogP contribution in [0.2, 0.25) is 18.1 Å². The average Bonchev–Trinajstić information content (AvgIpc) is 2.15. The first-order valence-corrected chi connectivity index (χ1v) is 9.12. The molecule has 0 amide bonds. The van der Waals surface area contributed by atoms with E-state index in [0.717, 1.165) is 6.42 Å². The predicted octanol–water partition coefficient (Wildman–Crippen LogP) is 4.86. The van der Waals surface area contributed by atoms with Crippen LogP contribution < -0.4 is 0 Å². The largest absolute Gasteiger partial charge is 0.137 e. The van der Waals surface area contributed by atoms with Gasteiger partial charge in [-0.15, -0.1) is 11.5 Å². The van der Waals surface area contributed by atoms with E-state index >= 15 is 0 Å². The van der Waals surface area contributed by atoms with E-state index in [4.69, 9.17) is 0 Å². The van der Waals surface area contributed by atoms with E-state index in [-0.39, 0.29) is 5.41 Å². The second kappa shape index (κ2) is 4.74. The van der Waals surface area contributed by atoms with E-state index in [1.807, 2.05) is 0 Å². The van der Waals surface area contributed by atoms with Crippen molar-refractivity contribution in [3.05, 3.63) is 0 Å². The molecule has 15 heavy (non-hydrogen) atoms. The zero-order valence-corrected chi connectivity index (χ0v) is 12.9. The lowest BCUT2D eigenvalue weighted by atomic mass is 9.92. The monoisotopic (exact) mass is 224 g/mol. The molecule has 0 saturated heterocycles. The lowest BCUT2D eigenvalue weighted by Crippen LogP contribution is -2.37. The van der Waals surface area contributed by atoms with Crippen LogP contribution in [0.5, 0.6) is 0 Å². The fourth-order valence-electron chi connectivity index (χ4n) is 1.02. The minimum Gasteiger partial charge on any atom is -0.131 e. The van der Waals surface area contributed by atoms with Gasteiger partial charge in [0.05, 0.1) is 0 Å². The zero-order valence-electron chi connectivity index (χ0n) is 11.9. The van der Waals surface area contributed by atoms with E-state index in [1.54, 1.807) is 0 Å². The average molecular weight is 224 g/mol. The first kappa shape index (κ1) is 14.8. The molecule has 0 bridgehead atoms. The fourth-order valence-corrected chi connectivity index (χ4v) is 2.90. The van der Waals surface area contributed by atoms with Crippen LogP contribution in [0.4, 0.5) is 0 Å². The van der Waals surface area contributed by atoms with Gasteiger partial charge >= 0.3 is 0 Å². The van der Waals surface area contributed by atoms with Crippen molar-refractivity contribution in [2.24, 2.45) is 5.41 Å². The molecule has 1 heteroatoms. The zero-order chi connectivity index (χ0) is 12.3. The molecule has 0 aliphatic heterocycles. The van der Waals surface area contributed by atoms with Gasteiger partial charge in [-0.3, -0.25) is 0 Å². The highest BCUT2D eigenvalue weighted by molar-refractivity contribution is 6.87. The van der Waals surface area contributed by atoms with Crippen LogP contribution in [0, 0.1) is 16.9 Å². The van der Waals surface area contributed by atoms with Gasteiger partial charge in [0, 0.05) is 5.41 Å². The second-order valence-electron chi connectivity index (χ2n) is 6.35. The van der Waals surface area contributed by atoms with Crippen molar-refractivity contribution in [3.63, 3.8) is 0 Å². The Morgan fingerprint density at radius 2 is 1.40 bits per heavy atom. The van der Waals surface area contributed by atoms with E-state index in [9.17, 15) is 0 Å². The molecule has 0 saturated carbocycles. The molecule has 88 valence electrons. The van der Waals surface area contributed by atoms with Crippen LogP contribution in [-0.2, 0) is 0 Å². The molecule has 0 aromatic rings. The van der Waals surface area contributed by atoms with Crippen molar-refractivity contribution < 1.29 is 0 Å². The molecule has 0 aliphatic carbocycles. The Morgan fingerprint density at radius 1 is 0.933 bits per heavy atom. The van der Waals surface area contributed by atoms with Crippen LogP contribution in [-0.4, -0.2) is 8.07 Å². The molecule has 0 unspecified atom stereocenters. The van der Waals surface area contributed by atoms with Gasteiger partial charge in [0.25, 0.3) is 0 Å². The van der Waals surface area contributed by atoms with Crippen molar-refractivity contribution in [1.82, 2.24) is 0 Å². The van der Waals surface area contributed by atoms with Crippen molar-refractivity contribution in [2.75, 3.05) is 0 Å². The minimum atomic E-state index is -1.42. The molecular weight excluding hydrogens is 196 g/mol. The molecule has 0 heterocycles. The predicted molar refractivity (Wildman–Crippen MR) is 73.7 cm³/mol. The highest BCUT2D eigenvalue weighted by Gasteiger charge is 2.36. The Hall–Kier alpha value is -0.223. The maximum absolute atomic E-state index is 3.63. The minimum absolute atomic E-state index is 0.189. The third kappa shape index (κ3) is 4.03. The van der Waals surface area contributed by atoms with Crippen LogP contribution in [0.3, 0.4) is 0 Å². The third-order valence-electron chi connectivity index (χ3n) is 4.17. The summed E-state index contributed by atoms with van der Waals surface area (Å²) in [6, 6.07) is 0. The summed E-state index contributed by atoms with van der Waals surface area (Å²) in [6.07, 6.45) is 2.37. The van der Waals surface area contributed by atoms with Crippen LogP contribution in [0.15, 0.2) is 0 Å². The van der Waals surface area contributed by atoms with Gasteiger partial charge in [-0.25, -0.2) is 0 Å². The van der Waals surface area contributed by atoms with Gasteiger partial charge in [0.15, 0.2) is 0 Å². The highest BCUT2D eigenvalue weighted by Crippen LogP contribution is 2.39. The number of hydrogen-bond donors (Lipinski definition) is 0. The van der Waals surface area contributed by atoms with E-state index in [1.165, 1.54) is 6.42 Å². The summed E-state index contributed by atoms with van der Waals surface area (Å²) in [5.41, 5.74) is 3.82. The summed E-state index contributed by atoms with van der Waals surface area (Å²) in [4.78, 5) is 0. The van der Waals surface area contributed by atoms with E-state index in [2.05, 4.69) is 66.1 Å². The van der Waals surface area contributed by atoms with Gasteiger partial charge in [0.2, 0.25) is 0 Å². The van der Waals surface area contributed by atoms with Gasteiger partial charge in [0.1, 0.15) is 8.07 Å². The quantitative estimate of drug-likeness (QED) is 0.474. The summed E-state index contributed by atoms with van der Waals surface area (Å²) in [5, 5.41) is 0.420. The molecule has 0 fully saturated rings. The normalized spacial score (nSPS) is 13.3. The van der Waals surface area contributed by atoms with Crippen molar-refractivity contribution in [2.45, 2.75) is 72.5 Å². The molecule has 0 spiro atoms. The van der Waals surface area contributed by atoms with Crippen LogP contribution in [0.1, 0.15) is 54.4 Å². The second-order valence-corrected chi connectivity index (χ2v) is 11.2. The van der Waals surface area contributed by atoms with Crippen molar-refractivity contribution in [3.8, 4) is 11.5 Å². The Labute approximate surface area is 97.9 Å². The standard InChI is InChI=1S/C14H28Si/c1-9-13(3,4)11-12-15(7,8)14(5,6)10-2/h9-10H2,1-8H3. The van der Waals surface area contributed by atoms with Gasteiger partial charge in [-0.1, -0.05) is 47.2 Å². The number of rotatable bonds is 3. The van der Waals surface area contributed by atoms with E-state index < -0.39 is 8.07 Å². The summed E-state index contributed by atoms with van der Waals surface area (Å²) < 4.78 is 0. The van der Waals surface area contributed by atoms with Crippen molar-refractivity contribution >= 4 is 8.07 Å². The third-order valence-corrected chi connectivity index (χ3v) is 8.66. The molecule has 0 aromatic carbocycles. The Bertz CT molecular complexity index is 261. The summed E-state index contributed by atoms with van der Waals surface area (Å²) in [5.74, 6) is 3.50. The Balaban J connectivity index is 4.93. The Kier molecular flexibility index (Phi) is 4.67. The summed E-state index contributed by atoms with van der Waals surface area (Å²) >= 11 is 0. The first-order valence-electron chi connectivity index (χ1n) is 6.12. The first-order chi connectivity index (χ1) is 6.58. The molecule has 0 nitrogen and oxygen atoms in total. The van der Waals surface area contributed by atoms with Gasteiger partial charge < -0.3 is 0 Å². The van der Waals surface area contributed by atoms with Crippen LogP contribution in [0.25, 0.3) is 0 Å². The van der Waals surface area contributed by atoms with Crippen LogP contribution >= 0.6 is 0 Å². The molecule has 0 radical (unpaired) electrons. The summed E-state index contributed by atoms with van der Waals surface area (Å²) in [7, 11) is -1.42. The Morgan fingerprint density at radius 3 is 1.73 bits per heavy atom. The molecule has 0 aliphatic rings. The SMILES string of the molecule is CCC(C)(C)C#C[Si](C)(C)C(C)(C)CC. The maximum atomic E-state index is 3.63. The number of hydrogen-bond acceptors (Lipinski definition) is 0. The van der Waals surface area contributed by atoms with Gasteiger partial charge in [-0.05, 0) is 25.3 Å². The highest BCUT2D eigenvalue weighted by atomic mass is 28.3. The lowest BCUT2D eigenvalue weighted by molar-refractivity contribution is 0.485. The molecule has 0 atom stereocenters. The smallest absolute Gasteiger partial charge is 0.131 e. The topological polar surface area (TPSA) is 0 Å². The lowest BCUT2D eigenvalue weighted by Gasteiger charge is -2.35. The molecule has 0 N–H and O–H groups in total. The summed E-state index contributed by atoms with van der Waals surface area (Å²) in [6.45, 7) is 18.5. The molecular formula is C14H28Si. The molecule has 0 rings (SSSR count).